The topological polar surface area (TPSA) is 69.6 Å². The lowest BCUT2D eigenvalue weighted by Gasteiger charge is -2.17. The Morgan fingerprint density at radius 3 is 2.50 bits per heavy atom. The molecule has 1 aromatic carbocycles. The molecule has 0 atom stereocenters. The van der Waals surface area contributed by atoms with Gasteiger partial charge in [-0.05, 0) is 37.1 Å². The van der Waals surface area contributed by atoms with Crippen LogP contribution in [0.4, 0.5) is 10.5 Å². The molecule has 5 nitrogen and oxygen atoms in total. The third kappa shape index (κ3) is 5.26. The summed E-state index contributed by atoms with van der Waals surface area (Å²) in [4.78, 5) is 25.0. The zero-order chi connectivity index (χ0) is 15.9. The summed E-state index contributed by atoms with van der Waals surface area (Å²) in [5.41, 5.74) is 0.725. The smallest absolute Gasteiger partial charge is 0.321 e. The molecule has 0 spiro atoms. The molecule has 120 valence electrons. The number of urea groups is 1. The van der Waals surface area contributed by atoms with Gasteiger partial charge in [-0.3, -0.25) is 4.79 Å². The highest BCUT2D eigenvalue weighted by Gasteiger charge is 2.16. The predicted octanol–water partition coefficient (Wildman–Crippen LogP) is 3.66. The molecule has 1 aromatic rings. The van der Waals surface area contributed by atoms with Gasteiger partial charge in [0.25, 0.3) is 0 Å². The summed E-state index contributed by atoms with van der Waals surface area (Å²) in [6.45, 7) is 0.191. The molecule has 1 saturated carbocycles. The molecule has 2 N–H and O–H groups in total. The van der Waals surface area contributed by atoms with Crippen LogP contribution in [-0.2, 0) is 4.79 Å². The molecule has 0 aromatic heterocycles. The van der Waals surface area contributed by atoms with Gasteiger partial charge < -0.3 is 15.3 Å². The summed E-state index contributed by atoms with van der Waals surface area (Å²) in [5.74, 6) is -0.909. The normalized spacial score (nSPS) is 14.8. The minimum atomic E-state index is -0.909. The molecule has 2 amide bonds. The van der Waals surface area contributed by atoms with E-state index in [1.165, 1.54) is 35.5 Å². The summed E-state index contributed by atoms with van der Waals surface area (Å²) in [7, 11) is 1.59. The van der Waals surface area contributed by atoms with Crippen LogP contribution in [0.1, 0.15) is 32.1 Å². The van der Waals surface area contributed by atoms with Crippen molar-refractivity contribution in [3.8, 4) is 0 Å². The van der Waals surface area contributed by atoms with Gasteiger partial charge in [-0.15, -0.1) is 11.8 Å². The van der Waals surface area contributed by atoms with E-state index in [0.29, 0.717) is 0 Å². The first-order valence-corrected chi connectivity index (χ1v) is 8.43. The number of hydrogen-bond acceptors (Lipinski definition) is 3. The molecule has 0 saturated heterocycles. The molecule has 0 heterocycles. The number of rotatable bonds is 6. The van der Waals surface area contributed by atoms with Crippen LogP contribution in [0.5, 0.6) is 0 Å². The highest BCUT2D eigenvalue weighted by Crippen LogP contribution is 2.34. The summed E-state index contributed by atoms with van der Waals surface area (Å²) in [6, 6.07) is 7.53. The zero-order valence-electron chi connectivity index (χ0n) is 12.7. The van der Waals surface area contributed by atoms with E-state index in [-0.39, 0.29) is 19.0 Å². The number of nitrogens with zero attached hydrogens (tertiary/aromatic N) is 1. The van der Waals surface area contributed by atoms with Crippen molar-refractivity contribution in [1.29, 1.82) is 0 Å². The first-order valence-electron chi connectivity index (χ1n) is 7.55. The molecule has 0 unspecified atom stereocenters. The van der Waals surface area contributed by atoms with Gasteiger partial charge in [-0.2, -0.15) is 0 Å². The van der Waals surface area contributed by atoms with E-state index in [1.54, 1.807) is 7.05 Å². The predicted molar refractivity (Wildman–Crippen MR) is 88.5 cm³/mol. The van der Waals surface area contributed by atoms with Gasteiger partial charge in [0, 0.05) is 29.4 Å². The average molecular weight is 322 g/mol. The van der Waals surface area contributed by atoms with E-state index in [9.17, 15) is 9.59 Å². The van der Waals surface area contributed by atoms with Gasteiger partial charge in [0.1, 0.15) is 0 Å². The first-order chi connectivity index (χ1) is 10.5. The third-order valence-corrected chi connectivity index (χ3v) is 5.07. The van der Waals surface area contributed by atoms with Crippen molar-refractivity contribution in [2.75, 3.05) is 18.9 Å². The summed E-state index contributed by atoms with van der Waals surface area (Å²) >= 11 is 1.91. The Hall–Kier alpha value is -1.69. The second-order valence-electron chi connectivity index (χ2n) is 5.54. The summed E-state index contributed by atoms with van der Waals surface area (Å²) in [5, 5.41) is 12.1. The second kappa shape index (κ2) is 8.08. The van der Waals surface area contributed by atoms with Gasteiger partial charge in [0.2, 0.25) is 0 Å². The summed E-state index contributed by atoms with van der Waals surface area (Å²) < 4.78 is 0. The van der Waals surface area contributed by atoms with Gasteiger partial charge in [-0.1, -0.05) is 12.8 Å². The number of benzene rings is 1. The Morgan fingerprint density at radius 2 is 1.91 bits per heavy atom. The number of anilines is 1. The maximum absolute atomic E-state index is 11.9. The number of carbonyl (C=O) groups excluding carboxylic acids is 1. The molecule has 0 radical (unpaired) electrons. The highest BCUT2D eigenvalue weighted by molar-refractivity contribution is 8.00. The number of aliphatic carboxylic acids is 1. The van der Waals surface area contributed by atoms with Crippen molar-refractivity contribution in [1.82, 2.24) is 4.90 Å². The molecule has 2 rings (SSSR count). The lowest BCUT2D eigenvalue weighted by atomic mass is 10.3. The molecule has 22 heavy (non-hydrogen) atoms. The van der Waals surface area contributed by atoms with E-state index in [1.807, 2.05) is 36.0 Å². The number of carboxylic acids is 1. The Kier molecular flexibility index (Phi) is 6.12. The maximum Gasteiger partial charge on any atom is 0.321 e. The molecule has 1 aliphatic carbocycles. The standard InChI is InChI=1S/C16H22N2O3S/c1-18(11-10-15(19)20)16(21)17-12-6-8-14(9-7-12)22-13-4-2-3-5-13/h6-9,13H,2-5,10-11H2,1H3,(H,17,21)(H,19,20). The number of hydrogen-bond donors (Lipinski definition) is 2. The van der Waals surface area contributed by atoms with Crippen LogP contribution in [0.3, 0.4) is 0 Å². The van der Waals surface area contributed by atoms with E-state index in [0.717, 1.165) is 10.9 Å². The first kappa shape index (κ1) is 16.7. The molecular formula is C16H22N2O3S. The molecule has 0 bridgehead atoms. The maximum atomic E-state index is 11.9. The fraction of sp³-hybridized carbons (Fsp3) is 0.500. The third-order valence-electron chi connectivity index (χ3n) is 3.72. The quantitative estimate of drug-likeness (QED) is 0.838. The van der Waals surface area contributed by atoms with Crippen LogP contribution < -0.4 is 5.32 Å². The minimum absolute atomic E-state index is 0.0547. The SMILES string of the molecule is CN(CCC(=O)O)C(=O)Nc1ccc(SC2CCCC2)cc1. The Morgan fingerprint density at radius 1 is 1.27 bits per heavy atom. The van der Waals surface area contributed by atoms with Crippen LogP contribution >= 0.6 is 11.8 Å². The Labute approximate surface area is 135 Å². The fourth-order valence-electron chi connectivity index (χ4n) is 2.40. The van der Waals surface area contributed by atoms with Crippen molar-refractivity contribution >= 4 is 29.4 Å². The van der Waals surface area contributed by atoms with Crippen molar-refractivity contribution in [3.63, 3.8) is 0 Å². The van der Waals surface area contributed by atoms with Crippen LogP contribution in [0.2, 0.25) is 0 Å². The number of carbonyl (C=O) groups is 2. The second-order valence-corrected chi connectivity index (χ2v) is 6.92. The Balaban J connectivity index is 1.82. The largest absolute Gasteiger partial charge is 0.481 e. The van der Waals surface area contributed by atoms with Gasteiger partial charge in [0.15, 0.2) is 0 Å². The van der Waals surface area contributed by atoms with E-state index in [4.69, 9.17) is 5.11 Å². The zero-order valence-corrected chi connectivity index (χ0v) is 13.6. The number of nitrogens with one attached hydrogen (secondary N) is 1. The summed E-state index contributed by atoms with van der Waals surface area (Å²) in [6.07, 6.45) is 5.18. The van der Waals surface area contributed by atoms with Gasteiger partial charge in [-0.25, -0.2) is 4.79 Å². The van der Waals surface area contributed by atoms with Crippen molar-refractivity contribution in [3.05, 3.63) is 24.3 Å². The van der Waals surface area contributed by atoms with Crippen molar-refractivity contribution in [2.45, 2.75) is 42.2 Å². The van der Waals surface area contributed by atoms with E-state index < -0.39 is 5.97 Å². The number of carboxylic acid groups (broad SMARTS) is 1. The van der Waals surface area contributed by atoms with Crippen LogP contribution in [0, 0.1) is 0 Å². The highest BCUT2D eigenvalue weighted by atomic mass is 32.2. The number of amides is 2. The van der Waals surface area contributed by atoms with Crippen molar-refractivity contribution < 1.29 is 14.7 Å². The average Bonchev–Trinajstić information content (AvgIpc) is 2.99. The van der Waals surface area contributed by atoms with Crippen LogP contribution in [0.25, 0.3) is 0 Å². The molecule has 0 aliphatic heterocycles. The molecule has 6 heteroatoms. The van der Waals surface area contributed by atoms with Crippen LogP contribution in [0.15, 0.2) is 29.2 Å². The lowest BCUT2D eigenvalue weighted by molar-refractivity contribution is -0.137. The van der Waals surface area contributed by atoms with Crippen LogP contribution in [-0.4, -0.2) is 40.8 Å². The van der Waals surface area contributed by atoms with Gasteiger partial charge >= 0.3 is 12.0 Å². The Bertz CT molecular complexity index is 513. The molecule has 1 aliphatic rings. The van der Waals surface area contributed by atoms with E-state index >= 15 is 0 Å². The van der Waals surface area contributed by atoms with Crippen molar-refractivity contribution in [2.24, 2.45) is 0 Å². The minimum Gasteiger partial charge on any atom is -0.481 e. The number of thioether (sulfide) groups is 1. The van der Waals surface area contributed by atoms with E-state index in [2.05, 4.69) is 5.32 Å². The monoisotopic (exact) mass is 322 g/mol. The lowest BCUT2D eigenvalue weighted by Crippen LogP contribution is -2.33. The fourth-order valence-corrected chi connectivity index (χ4v) is 3.65. The van der Waals surface area contributed by atoms with Gasteiger partial charge in [0.05, 0.1) is 6.42 Å². The molecule has 1 fully saturated rings. The molecular weight excluding hydrogens is 300 g/mol.